The number of amides is 1. The van der Waals surface area contributed by atoms with Crippen molar-refractivity contribution in [2.24, 2.45) is 0 Å². The van der Waals surface area contributed by atoms with E-state index in [2.05, 4.69) is 4.98 Å². The number of rotatable bonds is 3. The van der Waals surface area contributed by atoms with Crippen molar-refractivity contribution in [1.29, 1.82) is 0 Å². The molecule has 0 aliphatic carbocycles. The topological polar surface area (TPSA) is 65.6 Å². The number of hydrogen-bond donors (Lipinski definition) is 1. The van der Waals surface area contributed by atoms with Crippen LogP contribution < -0.4 is 0 Å². The Labute approximate surface area is 139 Å². The van der Waals surface area contributed by atoms with Crippen molar-refractivity contribution in [2.75, 3.05) is 33.8 Å². The highest BCUT2D eigenvalue weighted by Gasteiger charge is 2.34. The zero-order valence-electron chi connectivity index (χ0n) is 13.7. The summed E-state index contributed by atoms with van der Waals surface area (Å²) in [6, 6.07) is 3.84. The predicted molar refractivity (Wildman–Crippen MR) is 87.0 cm³/mol. The lowest BCUT2D eigenvalue weighted by atomic mass is 10.1. The number of piperazine rings is 1. The molecule has 7 heteroatoms. The Balaban J connectivity index is 1.80. The second-order valence-corrected chi connectivity index (χ2v) is 6.07. The highest BCUT2D eigenvalue weighted by Crippen LogP contribution is 2.21. The first-order valence-electron chi connectivity index (χ1n) is 7.81. The molecule has 1 aromatic carbocycles. The van der Waals surface area contributed by atoms with Crippen LogP contribution in [0.1, 0.15) is 5.56 Å². The van der Waals surface area contributed by atoms with Gasteiger partial charge in [0.2, 0.25) is 5.91 Å². The smallest absolute Gasteiger partial charge is 0.329 e. The molecule has 1 N–H and O–H groups in total. The summed E-state index contributed by atoms with van der Waals surface area (Å²) < 4.78 is 18.1. The van der Waals surface area contributed by atoms with Gasteiger partial charge >= 0.3 is 5.97 Å². The molecular weight excluding hydrogens is 313 g/mol. The number of aromatic nitrogens is 1. The summed E-state index contributed by atoms with van der Waals surface area (Å²) in [5, 5.41) is 0.813. The number of nitrogens with zero attached hydrogens (tertiary/aromatic N) is 2. The molecule has 1 amide bonds. The molecule has 2 aromatic rings. The molecule has 1 saturated heterocycles. The maximum atomic E-state index is 13.3. The van der Waals surface area contributed by atoms with Crippen LogP contribution in [-0.4, -0.2) is 66.5 Å². The lowest BCUT2D eigenvalue weighted by Gasteiger charge is -2.38. The standard InChI is InChI=1S/C17H20FN3O3/c1-20-5-6-21(15(10-20)17(23)24-2)16(22)7-11-9-19-14-8-12(18)3-4-13(11)14/h3-4,8-9,15,19H,5-7,10H2,1-2H3/t15-/m1/s1. The van der Waals surface area contributed by atoms with E-state index >= 15 is 0 Å². The van der Waals surface area contributed by atoms with Gasteiger partial charge < -0.3 is 19.5 Å². The quantitative estimate of drug-likeness (QED) is 0.856. The van der Waals surface area contributed by atoms with E-state index in [1.165, 1.54) is 19.2 Å². The summed E-state index contributed by atoms with van der Waals surface area (Å²) in [4.78, 5) is 31.3. The minimum atomic E-state index is -0.594. The number of aromatic amines is 1. The minimum absolute atomic E-state index is 0.135. The minimum Gasteiger partial charge on any atom is -0.467 e. The molecule has 0 saturated carbocycles. The summed E-state index contributed by atoms with van der Waals surface area (Å²) in [6.07, 6.45) is 1.87. The van der Waals surface area contributed by atoms with Crippen LogP contribution in [0.4, 0.5) is 4.39 Å². The van der Waals surface area contributed by atoms with Gasteiger partial charge in [-0.05, 0) is 30.8 Å². The number of fused-ring (bicyclic) bond motifs is 1. The predicted octanol–water partition coefficient (Wildman–Crippen LogP) is 1.17. The second kappa shape index (κ2) is 6.60. The van der Waals surface area contributed by atoms with Gasteiger partial charge in [-0.1, -0.05) is 0 Å². The molecule has 1 atom stereocenters. The van der Waals surface area contributed by atoms with E-state index in [1.807, 2.05) is 11.9 Å². The lowest BCUT2D eigenvalue weighted by molar-refractivity contribution is -0.155. The monoisotopic (exact) mass is 333 g/mol. The molecule has 1 aromatic heterocycles. The van der Waals surface area contributed by atoms with Gasteiger partial charge in [0.1, 0.15) is 11.9 Å². The maximum absolute atomic E-state index is 13.3. The molecule has 24 heavy (non-hydrogen) atoms. The number of H-pyrrole nitrogens is 1. The van der Waals surface area contributed by atoms with Crippen molar-refractivity contribution in [3.63, 3.8) is 0 Å². The molecule has 0 unspecified atom stereocenters. The first kappa shape index (κ1) is 16.4. The summed E-state index contributed by atoms with van der Waals surface area (Å²) in [7, 11) is 3.24. The molecule has 1 fully saturated rings. The van der Waals surface area contributed by atoms with Crippen LogP contribution >= 0.6 is 0 Å². The van der Waals surface area contributed by atoms with Gasteiger partial charge in [-0.3, -0.25) is 4.79 Å². The Morgan fingerprint density at radius 3 is 2.92 bits per heavy atom. The van der Waals surface area contributed by atoms with E-state index in [0.29, 0.717) is 25.2 Å². The van der Waals surface area contributed by atoms with Crippen molar-refractivity contribution in [3.05, 3.63) is 35.8 Å². The number of benzene rings is 1. The Morgan fingerprint density at radius 1 is 1.38 bits per heavy atom. The normalized spacial score (nSPS) is 18.8. The Hall–Kier alpha value is -2.41. The van der Waals surface area contributed by atoms with Crippen molar-refractivity contribution in [3.8, 4) is 0 Å². The molecule has 0 radical (unpaired) electrons. The summed E-state index contributed by atoms with van der Waals surface area (Å²) in [6.45, 7) is 1.64. The van der Waals surface area contributed by atoms with Crippen LogP contribution in [0.2, 0.25) is 0 Å². The van der Waals surface area contributed by atoms with E-state index in [0.717, 1.165) is 10.9 Å². The van der Waals surface area contributed by atoms with E-state index < -0.39 is 12.0 Å². The average Bonchev–Trinajstić information content (AvgIpc) is 2.95. The molecule has 3 rings (SSSR count). The highest BCUT2D eigenvalue weighted by molar-refractivity contribution is 5.91. The fraction of sp³-hybridized carbons (Fsp3) is 0.412. The number of methoxy groups -OCH3 is 1. The zero-order valence-corrected chi connectivity index (χ0v) is 13.7. The molecule has 1 aliphatic heterocycles. The van der Waals surface area contributed by atoms with Crippen molar-refractivity contribution in [2.45, 2.75) is 12.5 Å². The van der Waals surface area contributed by atoms with E-state index in [9.17, 15) is 14.0 Å². The second-order valence-electron chi connectivity index (χ2n) is 6.07. The van der Waals surface area contributed by atoms with Gasteiger partial charge in [0.05, 0.1) is 13.5 Å². The highest BCUT2D eigenvalue weighted by atomic mass is 19.1. The number of carbonyl (C=O) groups excluding carboxylic acids is 2. The van der Waals surface area contributed by atoms with Crippen molar-refractivity contribution in [1.82, 2.24) is 14.8 Å². The molecule has 6 nitrogen and oxygen atoms in total. The van der Waals surface area contributed by atoms with E-state index in [1.54, 1.807) is 17.2 Å². The first-order chi connectivity index (χ1) is 11.5. The van der Waals surface area contributed by atoms with Gasteiger partial charge in [-0.15, -0.1) is 0 Å². The number of carbonyl (C=O) groups is 2. The third kappa shape index (κ3) is 3.12. The van der Waals surface area contributed by atoms with Crippen molar-refractivity contribution >= 4 is 22.8 Å². The van der Waals surface area contributed by atoms with Crippen LogP contribution in [0.5, 0.6) is 0 Å². The number of hydrogen-bond acceptors (Lipinski definition) is 4. The fourth-order valence-corrected chi connectivity index (χ4v) is 3.12. The summed E-state index contributed by atoms with van der Waals surface area (Å²) in [5.74, 6) is -0.869. The van der Waals surface area contributed by atoms with Crippen LogP contribution in [0, 0.1) is 5.82 Å². The average molecular weight is 333 g/mol. The van der Waals surface area contributed by atoms with E-state index in [-0.39, 0.29) is 18.1 Å². The molecular formula is C17H20FN3O3. The summed E-state index contributed by atoms with van der Waals surface area (Å²) >= 11 is 0. The van der Waals surface area contributed by atoms with Gasteiger partial charge in [0, 0.05) is 36.7 Å². The van der Waals surface area contributed by atoms with Gasteiger partial charge in [0.15, 0.2) is 0 Å². The van der Waals surface area contributed by atoms with Gasteiger partial charge in [-0.25, -0.2) is 9.18 Å². The van der Waals surface area contributed by atoms with Crippen LogP contribution in [-0.2, 0) is 20.7 Å². The third-order valence-electron chi connectivity index (χ3n) is 4.45. The largest absolute Gasteiger partial charge is 0.467 e. The Bertz CT molecular complexity index is 774. The Kier molecular flexibility index (Phi) is 4.53. The third-order valence-corrected chi connectivity index (χ3v) is 4.45. The maximum Gasteiger partial charge on any atom is 0.329 e. The summed E-state index contributed by atoms with van der Waals surface area (Å²) in [5.41, 5.74) is 1.44. The molecule has 128 valence electrons. The van der Waals surface area contributed by atoms with Gasteiger partial charge in [-0.2, -0.15) is 0 Å². The van der Waals surface area contributed by atoms with Crippen LogP contribution in [0.25, 0.3) is 10.9 Å². The molecule has 1 aliphatic rings. The van der Waals surface area contributed by atoms with Crippen LogP contribution in [0.3, 0.4) is 0 Å². The Morgan fingerprint density at radius 2 is 2.17 bits per heavy atom. The lowest BCUT2D eigenvalue weighted by Crippen LogP contribution is -2.57. The number of ether oxygens (including phenoxy) is 1. The molecule has 0 spiro atoms. The van der Waals surface area contributed by atoms with Crippen LogP contribution in [0.15, 0.2) is 24.4 Å². The molecule has 2 heterocycles. The number of esters is 1. The zero-order chi connectivity index (χ0) is 17.3. The van der Waals surface area contributed by atoms with E-state index in [4.69, 9.17) is 4.74 Å². The number of likely N-dealkylation sites (N-methyl/N-ethyl adjacent to an activating group) is 1. The first-order valence-corrected chi connectivity index (χ1v) is 7.81. The number of nitrogens with one attached hydrogen (secondary N) is 1. The number of halogens is 1. The SMILES string of the molecule is COC(=O)[C@H]1CN(C)CCN1C(=O)Cc1c[nH]c2cc(F)ccc12. The molecule has 0 bridgehead atoms. The fourth-order valence-electron chi connectivity index (χ4n) is 3.12. The van der Waals surface area contributed by atoms with Gasteiger partial charge in [0.25, 0.3) is 0 Å². The van der Waals surface area contributed by atoms with Crippen molar-refractivity contribution < 1.29 is 18.7 Å².